The van der Waals surface area contributed by atoms with E-state index in [1.807, 2.05) is 48.7 Å². The molecule has 0 fully saturated rings. The van der Waals surface area contributed by atoms with Gasteiger partial charge in [-0.3, -0.25) is 9.97 Å². The van der Waals surface area contributed by atoms with Crippen LogP contribution in [0.5, 0.6) is 5.75 Å². The zero-order valence-electron chi connectivity index (χ0n) is 15.5. The predicted molar refractivity (Wildman–Crippen MR) is 113 cm³/mol. The van der Waals surface area contributed by atoms with E-state index in [0.29, 0.717) is 12.4 Å². The van der Waals surface area contributed by atoms with Crippen molar-refractivity contribution >= 4 is 23.1 Å². The number of ether oxygens (including phenoxy) is 1. The maximum atomic E-state index is 6.30. The van der Waals surface area contributed by atoms with Gasteiger partial charge in [0.1, 0.15) is 12.4 Å². The van der Waals surface area contributed by atoms with Gasteiger partial charge in [-0.15, -0.1) is 0 Å². The SMILES string of the molecule is N[C@@H](COc1cncc(C=Cc2ccncc2)c1)Cc1c[nH]c2ccccc12. The van der Waals surface area contributed by atoms with E-state index in [9.17, 15) is 0 Å². The number of fused-ring (bicyclic) bond motifs is 1. The van der Waals surface area contributed by atoms with Crippen LogP contribution in [-0.2, 0) is 6.42 Å². The Balaban J connectivity index is 1.36. The van der Waals surface area contributed by atoms with Crippen LogP contribution in [0.2, 0.25) is 0 Å². The van der Waals surface area contributed by atoms with Gasteiger partial charge in [-0.1, -0.05) is 30.4 Å². The van der Waals surface area contributed by atoms with Crippen molar-refractivity contribution in [3.63, 3.8) is 0 Å². The van der Waals surface area contributed by atoms with Crippen LogP contribution in [0.3, 0.4) is 0 Å². The molecule has 0 unspecified atom stereocenters. The molecular formula is C23H22N4O. The number of para-hydroxylation sites is 1. The number of aromatic amines is 1. The average molecular weight is 370 g/mol. The summed E-state index contributed by atoms with van der Waals surface area (Å²) in [6.07, 6.45) is 13.8. The fourth-order valence-electron chi connectivity index (χ4n) is 3.12. The number of nitrogens with two attached hydrogens (primary N) is 1. The van der Waals surface area contributed by atoms with Gasteiger partial charge in [0.05, 0.1) is 6.20 Å². The van der Waals surface area contributed by atoms with E-state index < -0.39 is 0 Å². The minimum Gasteiger partial charge on any atom is -0.490 e. The quantitative estimate of drug-likeness (QED) is 0.514. The van der Waals surface area contributed by atoms with Gasteiger partial charge < -0.3 is 15.5 Å². The number of nitrogens with zero attached hydrogens (tertiary/aromatic N) is 2. The van der Waals surface area contributed by atoms with Crippen molar-refractivity contribution in [2.75, 3.05) is 6.61 Å². The Morgan fingerprint density at radius 3 is 2.71 bits per heavy atom. The van der Waals surface area contributed by atoms with Gasteiger partial charge in [-0.25, -0.2) is 0 Å². The Hall–Kier alpha value is -3.44. The second-order valence-electron chi connectivity index (χ2n) is 6.70. The molecule has 1 atom stereocenters. The van der Waals surface area contributed by atoms with Gasteiger partial charge >= 0.3 is 0 Å². The highest BCUT2D eigenvalue weighted by atomic mass is 16.5. The first-order chi connectivity index (χ1) is 13.8. The number of pyridine rings is 2. The van der Waals surface area contributed by atoms with E-state index in [1.165, 1.54) is 10.9 Å². The van der Waals surface area contributed by atoms with E-state index >= 15 is 0 Å². The zero-order chi connectivity index (χ0) is 19.2. The second kappa shape index (κ2) is 8.50. The van der Waals surface area contributed by atoms with E-state index in [0.717, 1.165) is 23.1 Å². The van der Waals surface area contributed by atoms with Gasteiger partial charge in [-0.2, -0.15) is 0 Å². The van der Waals surface area contributed by atoms with E-state index in [1.54, 1.807) is 24.8 Å². The van der Waals surface area contributed by atoms with Gasteiger partial charge in [0.15, 0.2) is 0 Å². The first kappa shape index (κ1) is 17.9. The van der Waals surface area contributed by atoms with E-state index in [4.69, 9.17) is 10.5 Å². The minimum absolute atomic E-state index is 0.102. The Kier molecular flexibility index (Phi) is 5.45. The lowest BCUT2D eigenvalue weighted by molar-refractivity contribution is 0.287. The molecule has 0 radical (unpaired) electrons. The molecule has 0 aliphatic heterocycles. The minimum atomic E-state index is -0.102. The summed E-state index contributed by atoms with van der Waals surface area (Å²) in [5, 5.41) is 1.21. The molecule has 0 aliphatic rings. The number of hydrogen-bond donors (Lipinski definition) is 2. The highest BCUT2D eigenvalue weighted by Gasteiger charge is 2.10. The summed E-state index contributed by atoms with van der Waals surface area (Å²) in [4.78, 5) is 11.6. The maximum Gasteiger partial charge on any atom is 0.138 e. The molecule has 0 saturated carbocycles. The van der Waals surface area contributed by atoms with Gasteiger partial charge in [0.2, 0.25) is 0 Å². The van der Waals surface area contributed by atoms with E-state index in [2.05, 4.69) is 27.1 Å². The largest absolute Gasteiger partial charge is 0.490 e. The molecule has 0 bridgehead atoms. The summed E-state index contributed by atoms with van der Waals surface area (Å²) in [6.45, 7) is 0.429. The molecule has 3 N–H and O–H groups in total. The Morgan fingerprint density at radius 1 is 1.00 bits per heavy atom. The zero-order valence-corrected chi connectivity index (χ0v) is 15.5. The summed E-state index contributed by atoms with van der Waals surface area (Å²) in [5.41, 5.74) is 10.7. The molecule has 0 saturated heterocycles. The van der Waals surface area contributed by atoms with Crippen molar-refractivity contribution in [3.8, 4) is 5.75 Å². The van der Waals surface area contributed by atoms with Crippen LogP contribution in [0.1, 0.15) is 16.7 Å². The first-order valence-electron chi connectivity index (χ1n) is 9.24. The van der Waals surface area contributed by atoms with Crippen molar-refractivity contribution < 1.29 is 4.74 Å². The summed E-state index contributed by atoms with van der Waals surface area (Å²) < 4.78 is 5.88. The Morgan fingerprint density at radius 2 is 1.82 bits per heavy atom. The highest BCUT2D eigenvalue weighted by Crippen LogP contribution is 2.19. The predicted octanol–water partition coefficient (Wildman–Crippen LogP) is 4.08. The standard InChI is InChI=1S/C23H22N4O/c24-20(12-19-14-27-23-4-2-1-3-22(19)23)16-28-21-11-18(13-26-15-21)6-5-17-7-9-25-10-8-17/h1-11,13-15,20,27H,12,16,24H2/t20-/m1/s1. The smallest absolute Gasteiger partial charge is 0.138 e. The van der Waals surface area contributed by atoms with Crippen molar-refractivity contribution in [1.29, 1.82) is 0 Å². The molecule has 5 nitrogen and oxygen atoms in total. The fraction of sp³-hybridized carbons (Fsp3) is 0.130. The molecule has 3 aromatic heterocycles. The first-order valence-corrected chi connectivity index (χ1v) is 9.24. The number of H-pyrrole nitrogens is 1. The topological polar surface area (TPSA) is 76.8 Å². The third-order valence-electron chi connectivity index (χ3n) is 4.53. The monoisotopic (exact) mass is 370 g/mol. The molecule has 0 aliphatic carbocycles. The molecular weight excluding hydrogens is 348 g/mol. The molecule has 4 rings (SSSR count). The lowest BCUT2D eigenvalue weighted by Crippen LogP contribution is -2.30. The van der Waals surface area contributed by atoms with Gasteiger partial charge in [0.25, 0.3) is 0 Å². The van der Waals surface area contributed by atoms with Crippen molar-refractivity contribution in [1.82, 2.24) is 15.0 Å². The Labute approximate surface area is 163 Å². The molecule has 140 valence electrons. The van der Waals surface area contributed by atoms with Crippen molar-refractivity contribution in [2.24, 2.45) is 5.73 Å². The van der Waals surface area contributed by atoms with Crippen LogP contribution in [0.15, 0.2) is 73.4 Å². The van der Waals surface area contributed by atoms with Crippen LogP contribution in [0.25, 0.3) is 23.1 Å². The molecule has 0 spiro atoms. The summed E-state index contributed by atoms with van der Waals surface area (Å²) >= 11 is 0. The number of benzene rings is 1. The fourth-order valence-corrected chi connectivity index (χ4v) is 3.12. The molecule has 5 heteroatoms. The molecule has 4 aromatic rings. The second-order valence-corrected chi connectivity index (χ2v) is 6.70. The van der Waals surface area contributed by atoms with Gasteiger partial charge in [-0.05, 0) is 47.4 Å². The number of nitrogens with one attached hydrogen (secondary N) is 1. The summed E-state index contributed by atoms with van der Waals surface area (Å²) in [6, 6.07) is 14.0. The molecule has 0 amide bonds. The lowest BCUT2D eigenvalue weighted by atomic mass is 10.1. The summed E-state index contributed by atoms with van der Waals surface area (Å²) in [5.74, 6) is 0.714. The van der Waals surface area contributed by atoms with Crippen LogP contribution < -0.4 is 10.5 Å². The lowest BCUT2D eigenvalue weighted by Gasteiger charge is -2.13. The normalized spacial score (nSPS) is 12.5. The maximum absolute atomic E-state index is 6.30. The number of aromatic nitrogens is 3. The van der Waals surface area contributed by atoms with Crippen molar-refractivity contribution in [3.05, 3.63) is 90.1 Å². The third kappa shape index (κ3) is 4.45. The number of rotatable bonds is 7. The average Bonchev–Trinajstić information content (AvgIpc) is 3.15. The molecule has 28 heavy (non-hydrogen) atoms. The number of hydrogen-bond acceptors (Lipinski definition) is 4. The molecule has 1 aromatic carbocycles. The van der Waals surface area contributed by atoms with Crippen molar-refractivity contribution in [2.45, 2.75) is 12.5 Å². The third-order valence-corrected chi connectivity index (χ3v) is 4.53. The van der Waals surface area contributed by atoms with E-state index in [-0.39, 0.29) is 6.04 Å². The summed E-state index contributed by atoms with van der Waals surface area (Å²) in [7, 11) is 0. The Bertz CT molecular complexity index is 1070. The molecule has 3 heterocycles. The van der Waals surface area contributed by atoms with Crippen LogP contribution in [-0.4, -0.2) is 27.6 Å². The van der Waals surface area contributed by atoms with Crippen LogP contribution in [0, 0.1) is 0 Å². The van der Waals surface area contributed by atoms with Crippen LogP contribution in [0.4, 0.5) is 0 Å². The van der Waals surface area contributed by atoms with Gasteiger partial charge in [0, 0.05) is 41.7 Å². The van der Waals surface area contributed by atoms with Crippen LogP contribution >= 0.6 is 0 Å². The highest BCUT2D eigenvalue weighted by molar-refractivity contribution is 5.83.